The molecule has 106 valence electrons. The lowest BCUT2D eigenvalue weighted by Crippen LogP contribution is -2.61. The lowest BCUT2D eigenvalue weighted by atomic mass is 9.96. The van der Waals surface area contributed by atoms with Crippen molar-refractivity contribution >= 4 is 5.97 Å². The minimum absolute atomic E-state index is 0.364. The van der Waals surface area contributed by atoms with Gasteiger partial charge >= 0.3 is 5.97 Å². The Morgan fingerprint density at radius 3 is 2.44 bits per heavy atom. The molecular weight excluding hydrogens is 251 g/mol. The van der Waals surface area contributed by atoms with Crippen LogP contribution >= 0.6 is 0 Å². The number of ether oxygens (including phenoxy) is 3. The summed E-state index contributed by atoms with van der Waals surface area (Å²) < 4.78 is 27.7. The number of esters is 1. The van der Waals surface area contributed by atoms with Gasteiger partial charge in [-0.15, -0.1) is 0 Å². The molecule has 0 radical (unpaired) electrons. The van der Waals surface area contributed by atoms with E-state index in [1.165, 1.54) is 7.11 Å². The molecule has 18 heavy (non-hydrogen) atoms. The molecular formula is C10H17FO7. The normalized spacial score (nSPS) is 38.2. The van der Waals surface area contributed by atoms with Crippen LogP contribution in [0.5, 0.6) is 0 Å². The van der Waals surface area contributed by atoms with Crippen LogP contribution in [-0.4, -0.2) is 71.9 Å². The summed E-state index contributed by atoms with van der Waals surface area (Å²) in [6.07, 6.45) is -9.67. The summed E-state index contributed by atoms with van der Waals surface area (Å²) in [6.45, 7) is 0.710. The fourth-order valence-electron chi connectivity index (χ4n) is 1.69. The van der Waals surface area contributed by atoms with E-state index in [1.807, 2.05) is 0 Å². The van der Waals surface area contributed by atoms with Crippen LogP contribution in [0.25, 0.3) is 0 Å². The maximum absolute atomic E-state index is 13.6. The van der Waals surface area contributed by atoms with E-state index >= 15 is 0 Å². The average Bonchev–Trinajstić information content (AvgIpc) is 2.29. The molecule has 8 heteroatoms. The predicted molar refractivity (Wildman–Crippen MR) is 55.2 cm³/mol. The molecule has 1 aliphatic heterocycles. The Labute approximate surface area is 103 Å². The molecule has 0 aromatic carbocycles. The van der Waals surface area contributed by atoms with E-state index < -0.39 is 42.8 Å². The Kier molecular flexibility index (Phi) is 5.42. The van der Waals surface area contributed by atoms with Crippen LogP contribution in [-0.2, 0) is 19.0 Å². The van der Waals surface area contributed by atoms with E-state index in [2.05, 4.69) is 9.47 Å². The first-order valence-corrected chi connectivity index (χ1v) is 5.38. The maximum atomic E-state index is 13.6. The second-order valence-corrected chi connectivity index (χ2v) is 4.02. The van der Waals surface area contributed by atoms with Gasteiger partial charge in [-0.2, -0.15) is 0 Å². The van der Waals surface area contributed by atoms with Gasteiger partial charge in [0.05, 0.1) is 6.61 Å². The summed E-state index contributed by atoms with van der Waals surface area (Å²) in [5, 5.41) is 28.6. The molecule has 6 atom stereocenters. The molecule has 0 aliphatic carbocycles. The molecule has 1 unspecified atom stereocenters. The topological polar surface area (TPSA) is 105 Å². The second kappa shape index (κ2) is 6.39. The molecule has 7 nitrogen and oxygen atoms in total. The monoisotopic (exact) mass is 268 g/mol. The number of halogens is 1. The van der Waals surface area contributed by atoms with Crippen LogP contribution in [0, 0.1) is 0 Å². The lowest BCUT2D eigenvalue weighted by Gasteiger charge is -2.40. The average molecular weight is 268 g/mol. The van der Waals surface area contributed by atoms with Gasteiger partial charge in [-0.05, 0) is 0 Å². The third kappa shape index (κ3) is 3.36. The Morgan fingerprint density at radius 1 is 1.33 bits per heavy atom. The number of carbonyl (C=O) groups is 1. The van der Waals surface area contributed by atoms with Gasteiger partial charge in [-0.25, -0.2) is 4.39 Å². The highest BCUT2D eigenvalue weighted by atomic mass is 19.1. The largest absolute Gasteiger partial charge is 0.433 e. The molecule has 0 amide bonds. The molecule has 0 bridgehead atoms. The Balaban J connectivity index is 2.76. The molecule has 3 N–H and O–H groups in total. The van der Waals surface area contributed by atoms with Gasteiger partial charge in [0, 0.05) is 14.0 Å². The summed E-state index contributed by atoms with van der Waals surface area (Å²) >= 11 is 0. The van der Waals surface area contributed by atoms with Crippen molar-refractivity contribution in [3.8, 4) is 0 Å². The molecule has 1 rings (SSSR count). The Bertz CT molecular complexity index is 287. The number of aliphatic hydroxyl groups is 3. The third-order valence-electron chi connectivity index (χ3n) is 2.57. The van der Waals surface area contributed by atoms with Crippen molar-refractivity contribution in [2.24, 2.45) is 0 Å². The molecule has 0 aromatic heterocycles. The lowest BCUT2D eigenvalue weighted by molar-refractivity contribution is -0.298. The first-order valence-electron chi connectivity index (χ1n) is 5.38. The highest BCUT2D eigenvalue weighted by Gasteiger charge is 2.48. The van der Waals surface area contributed by atoms with E-state index in [0.29, 0.717) is 0 Å². The van der Waals surface area contributed by atoms with Gasteiger partial charge in [0.2, 0.25) is 6.29 Å². The third-order valence-corrected chi connectivity index (χ3v) is 2.57. The van der Waals surface area contributed by atoms with E-state index in [-0.39, 0.29) is 6.61 Å². The SMILES string of the molecule is COC[C@H](F)[C@H]1OC(OC(C)=O)[C@@H](O)[C@@H](O)[C@@H]1O. The zero-order chi connectivity index (χ0) is 13.9. The van der Waals surface area contributed by atoms with Crippen molar-refractivity contribution in [2.75, 3.05) is 13.7 Å². The molecule has 1 aliphatic rings. The van der Waals surface area contributed by atoms with Crippen LogP contribution in [0.1, 0.15) is 6.92 Å². The van der Waals surface area contributed by atoms with Gasteiger partial charge in [-0.3, -0.25) is 4.79 Å². The second-order valence-electron chi connectivity index (χ2n) is 4.02. The van der Waals surface area contributed by atoms with Gasteiger partial charge in [0.25, 0.3) is 0 Å². The number of methoxy groups -OCH3 is 1. The molecule has 0 aromatic rings. The summed E-state index contributed by atoms with van der Waals surface area (Å²) in [7, 11) is 1.26. The van der Waals surface area contributed by atoms with Crippen molar-refractivity contribution in [3.63, 3.8) is 0 Å². The first kappa shape index (κ1) is 15.3. The van der Waals surface area contributed by atoms with Crippen LogP contribution < -0.4 is 0 Å². The number of carbonyl (C=O) groups excluding carboxylic acids is 1. The van der Waals surface area contributed by atoms with Crippen molar-refractivity contribution < 1.29 is 38.7 Å². The Hall–Kier alpha value is -0.800. The molecule has 1 saturated heterocycles. The first-order chi connectivity index (χ1) is 8.38. The number of hydrogen-bond acceptors (Lipinski definition) is 7. The van der Waals surface area contributed by atoms with Crippen LogP contribution in [0.3, 0.4) is 0 Å². The summed E-state index contributed by atoms with van der Waals surface area (Å²) in [5.41, 5.74) is 0. The number of hydrogen-bond donors (Lipinski definition) is 3. The minimum atomic E-state index is -1.73. The van der Waals surface area contributed by atoms with Crippen molar-refractivity contribution in [1.29, 1.82) is 0 Å². The van der Waals surface area contributed by atoms with E-state index in [9.17, 15) is 24.5 Å². The standard InChI is InChI=1S/C10H17FO7/c1-4(12)17-10-8(15)6(13)7(14)9(18-10)5(11)3-16-2/h5-10,13-15H,3H2,1-2H3/t5-,6-,7-,8-,9+,10?/m0/s1. The molecule has 1 heterocycles. The fraction of sp³-hybridized carbons (Fsp3) is 0.900. The fourth-order valence-corrected chi connectivity index (χ4v) is 1.69. The van der Waals surface area contributed by atoms with Crippen LogP contribution in [0.2, 0.25) is 0 Å². The van der Waals surface area contributed by atoms with Crippen molar-refractivity contribution in [3.05, 3.63) is 0 Å². The summed E-state index contributed by atoms with van der Waals surface area (Å²) in [5.74, 6) is -0.761. The molecule has 0 saturated carbocycles. The quantitative estimate of drug-likeness (QED) is 0.524. The minimum Gasteiger partial charge on any atom is -0.433 e. The van der Waals surface area contributed by atoms with Crippen molar-refractivity contribution in [1.82, 2.24) is 0 Å². The number of alkyl halides is 1. The molecule has 1 fully saturated rings. The van der Waals surface area contributed by atoms with Crippen molar-refractivity contribution in [2.45, 2.75) is 43.8 Å². The zero-order valence-corrected chi connectivity index (χ0v) is 10.0. The number of rotatable bonds is 4. The van der Waals surface area contributed by atoms with Gasteiger partial charge in [0.1, 0.15) is 24.4 Å². The van der Waals surface area contributed by atoms with E-state index in [4.69, 9.17) is 4.74 Å². The van der Waals surface area contributed by atoms with Gasteiger partial charge in [0.15, 0.2) is 6.17 Å². The molecule has 0 spiro atoms. The Morgan fingerprint density at radius 2 is 1.94 bits per heavy atom. The summed E-state index contributed by atoms with van der Waals surface area (Å²) in [4.78, 5) is 10.8. The smallest absolute Gasteiger partial charge is 0.305 e. The highest BCUT2D eigenvalue weighted by molar-refractivity contribution is 5.66. The van der Waals surface area contributed by atoms with Crippen LogP contribution in [0.15, 0.2) is 0 Å². The number of aliphatic hydroxyl groups excluding tert-OH is 3. The van der Waals surface area contributed by atoms with Gasteiger partial charge < -0.3 is 29.5 Å². The van der Waals surface area contributed by atoms with Crippen LogP contribution in [0.4, 0.5) is 4.39 Å². The van der Waals surface area contributed by atoms with E-state index in [1.54, 1.807) is 0 Å². The zero-order valence-electron chi connectivity index (χ0n) is 10.0. The predicted octanol–water partition coefficient (Wildman–Crippen LogP) is -1.66. The maximum Gasteiger partial charge on any atom is 0.305 e. The highest BCUT2D eigenvalue weighted by Crippen LogP contribution is 2.25. The summed E-state index contributed by atoms with van der Waals surface area (Å²) in [6, 6.07) is 0. The van der Waals surface area contributed by atoms with E-state index in [0.717, 1.165) is 6.92 Å². The van der Waals surface area contributed by atoms with Gasteiger partial charge in [-0.1, -0.05) is 0 Å².